The second-order valence-electron chi connectivity index (χ2n) is 16.3. The topological polar surface area (TPSA) is 40.5 Å². The van der Waals surface area contributed by atoms with Gasteiger partial charge in [-0.2, -0.15) is 0 Å². The molecule has 298 valence electrons. The van der Waals surface area contributed by atoms with Crippen molar-refractivity contribution in [3.05, 3.63) is 0 Å². The summed E-state index contributed by atoms with van der Waals surface area (Å²) in [6, 6.07) is 0. The first-order valence-electron chi connectivity index (χ1n) is 23.4. The van der Waals surface area contributed by atoms with Gasteiger partial charge < -0.3 is 10.2 Å². The first-order chi connectivity index (χ1) is 24.0. The monoisotopic (exact) mass is 695 g/mol. The quantitative estimate of drug-likeness (QED) is 0.0627. The lowest BCUT2D eigenvalue weighted by atomic mass is 9.86. The minimum atomic E-state index is -0.362. The fourth-order valence-electron chi connectivity index (χ4n) is 7.77. The van der Waals surface area contributed by atoms with Gasteiger partial charge in [0.2, 0.25) is 0 Å². The number of aliphatic hydroxyl groups is 2. The Morgan fingerprint density at radius 3 is 0.837 bits per heavy atom. The van der Waals surface area contributed by atoms with Crippen molar-refractivity contribution in [1.82, 2.24) is 0 Å². The normalized spacial score (nSPS) is 11.8. The zero-order valence-corrected chi connectivity index (χ0v) is 35.3. The molecular formula is C47H98O2. The predicted molar refractivity (Wildman–Crippen MR) is 224 cm³/mol. The summed E-state index contributed by atoms with van der Waals surface area (Å²) in [6.07, 6.45) is 52.2. The standard InChI is InChI=1S/C24H50O.C23H48O/c1-4-7-9-11-13-15-17-19-22-24(25,21-6-3)23-20-18-16-14-12-10-8-5-2;1-3-5-7-9-11-13-15-17-19-23(21-22-24)20-18-16-14-12-10-8-6-4-2/h25H,4-23H2,1-3H3;23-24H,3-22H2,1-2H3. The molecule has 0 fully saturated rings. The van der Waals surface area contributed by atoms with Crippen LogP contribution in [0.25, 0.3) is 0 Å². The molecule has 0 atom stereocenters. The number of unbranched alkanes of at least 4 members (excludes halogenated alkanes) is 28. The Labute approximate surface area is 312 Å². The summed E-state index contributed by atoms with van der Waals surface area (Å²) in [5.41, 5.74) is -0.362. The van der Waals surface area contributed by atoms with Gasteiger partial charge in [-0.25, -0.2) is 0 Å². The lowest BCUT2D eigenvalue weighted by Crippen LogP contribution is -2.28. The number of rotatable bonds is 40. The van der Waals surface area contributed by atoms with E-state index in [4.69, 9.17) is 0 Å². The molecule has 2 heteroatoms. The molecule has 0 rings (SSSR count). The van der Waals surface area contributed by atoms with Crippen LogP contribution in [-0.4, -0.2) is 22.4 Å². The van der Waals surface area contributed by atoms with Crippen molar-refractivity contribution in [3.63, 3.8) is 0 Å². The van der Waals surface area contributed by atoms with E-state index in [-0.39, 0.29) is 5.60 Å². The van der Waals surface area contributed by atoms with Crippen molar-refractivity contribution in [2.24, 2.45) is 5.92 Å². The Hall–Kier alpha value is -0.0800. The van der Waals surface area contributed by atoms with Gasteiger partial charge in [0.15, 0.2) is 0 Å². The minimum absolute atomic E-state index is 0.362. The van der Waals surface area contributed by atoms with E-state index in [2.05, 4.69) is 34.6 Å². The highest BCUT2D eigenvalue weighted by Gasteiger charge is 2.24. The number of aliphatic hydroxyl groups excluding tert-OH is 1. The molecule has 0 spiro atoms. The minimum Gasteiger partial charge on any atom is -0.396 e. The SMILES string of the molecule is CCCCCCCCCCC(CCO)CCCCCCCCCC.CCCCCCCCCCC(O)(CCC)CCCCCCCCCC. The Kier molecular flexibility index (Phi) is 45.9. The summed E-state index contributed by atoms with van der Waals surface area (Å²) >= 11 is 0. The van der Waals surface area contributed by atoms with E-state index in [9.17, 15) is 10.2 Å². The van der Waals surface area contributed by atoms with Crippen LogP contribution in [0.4, 0.5) is 0 Å². The maximum Gasteiger partial charge on any atom is 0.0647 e. The molecule has 0 aromatic rings. The molecular weight excluding hydrogens is 597 g/mol. The first kappa shape index (κ1) is 51.0. The number of hydrogen-bond acceptors (Lipinski definition) is 2. The van der Waals surface area contributed by atoms with Gasteiger partial charge in [-0.15, -0.1) is 0 Å². The smallest absolute Gasteiger partial charge is 0.0647 e. The molecule has 0 amide bonds. The van der Waals surface area contributed by atoms with Gasteiger partial charge in [0.25, 0.3) is 0 Å². The number of hydrogen-bond donors (Lipinski definition) is 2. The van der Waals surface area contributed by atoms with E-state index < -0.39 is 0 Å². The van der Waals surface area contributed by atoms with Gasteiger partial charge in [0.1, 0.15) is 0 Å². The molecule has 0 aromatic heterocycles. The zero-order chi connectivity index (χ0) is 36.4. The highest BCUT2D eigenvalue weighted by molar-refractivity contribution is 4.78. The third-order valence-corrected chi connectivity index (χ3v) is 11.2. The van der Waals surface area contributed by atoms with Crippen molar-refractivity contribution in [2.45, 2.75) is 291 Å². The fraction of sp³-hybridized carbons (Fsp3) is 1.00. The van der Waals surface area contributed by atoms with Crippen LogP contribution in [0.3, 0.4) is 0 Å². The van der Waals surface area contributed by atoms with E-state index in [1.165, 1.54) is 218 Å². The van der Waals surface area contributed by atoms with Gasteiger partial charge in [-0.3, -0.25) is 0 Å². The third kappa shape index (κ3) is 42.2. The summed E-state index contributed by atoms with van der Waals surface area (Å²) in [6.45, 7) is 11.7. The highest BCUT2D eigenvalue weighted by Crippen LogP contribution is 2.28. The highest BCUT2D eigenvalue weighted by atomic mass is 16.3. The lowest BCUT2D eigenvalue weighted by molar-refractivity contribution is 0.00876. The van der Waals surface area contributed by atoms with E-state index in [0.717, 1.165) is 38.0 Å². The summed E-state index contributed by atoms with van der Waals surface area (Å²) in [5, 5.41) is 20.2. The van der Waals surface area contributed by atoms with Gasteiger partial charge >= 0.3 is 0 Å². The Morgan fingerprint density at radius 1 is 0.306 bits per heavy atom. The van der Waals surface area contributed by atoms with Crippen LogP contribution in [0.5, 0.6) is 0 Å². The van der Waals surface area contributed by atoms with Gasteiger partial charge in [0.05, 0.1) is 5.60 Å². The van der Waals surface area contributed by atoms with Gasteiger partial charge in [0, 0.05) is 6.61 Å². The molecule has 0 radical (unpaired) electrons. The molecule has 0 aliphatic heterocycles. The fourth-order valence-corrected chi connectivity index (χ4v) is 7.77. The van der Waals surface area contributed by atoms with Crippen molar-refractivity contribution < 1.29 is 10.2 Å². The molecule has 0 unspecified atom stereocenters. The first-order valence-corrected chi connectivity index (χ1v) is 23.4. The Balaban J connectivity index is 0. The zero-order valence-electron chi connectivity index (χ0n) is 35.3. The van der Waals surface area contributed by atoms with Crippen LogP contribution in [-0.2, 0) is 0 Å². The molecule has 49 heavy (non-hydrogen) atoms. The Morgan fingerprint density at radius 2 is 0.571 bits per heavy atom. The summed E-state index contributed by atoms with van der Waals surface area (Å²) < 4.78 is 0. The predicted octanol–water partition coefficient (Wildman–Crippen LogP) is 16.6. The van der Waals surface area contributed by atoms with Gasteiger partial charge in [-0.1, -0.05) is 259 Å². The molecule has 2 N–H and O–H groups in total. The molecule has 0 aromatic carbocycles. The maximum atomic E-state index is 11.0. The third-order valence-electron chi connectivity index (χ3n) is 11.2. The van der Waals surface area contributed by atoms with Crippen molar-refractivity contribution in [1.29, 1.82) is 0 Å². The van der Waals surface area contributed by atoms with Crippen LogP contribution in [0.15, 0.2) is 0 Å². The summed E-state index contributed by atoms with van der Waals surface area (Å²) in [7, 11) is 0. The van der Waals surface area contributed by atoms with Crippen molar-refractivity contribution in [2.75, 3.05) is 6.61 Å². The molecule has 0 aliphatic carbocycles. The van der Waals surface area contributed by atoms with Crippen LogP contribution < -0.4 is 0 Å². The van der Waals surface area contributed by atoms with Crippen molar-refractivity contribution in [3.8, 4) is 0 Å². The van der Waals surface area contributed by atoms with Crippen LogP contribution in [0, 0.1) is 5.92 Å². The Bertz CT molecular complexity index is 520. The average Bonchev–Trinajstić information content (AvgIpc) is 3.10. The van der Waals surface area contributed by atoms with E-state index in [0.29, 0.717) is 6.61 Å². The molecule has 0 heterocycles. The summed E-state index contributed by atoms with van der Waals surface area (Å²) in [4.78, 5) is 0. The van der Waals surface area contributed by atoms with Crippen LogP contribution in [0.2, 0.25) is 0 Å². The van der Waals surface area contributed by atoms with E-state index in [1.807, 2.05) is 0 Å². The van der Waals surface area contributed by atoms with Crippen LogP contribution in [0.1, 0.15) is 285 Å². The second kappa shape index (κ2) is 44.1. The molecule has 0 aliphatic rings. The molecule has 0 saturated heterocycles. The average molecular weight is 695 g/mol. The van der Waals surface area contributed by atoms with Gasteiger partial charge in [-0.05, 0) is 31.6 Å². The molecule has 0 bridgehead atoms. The summed E-state index contributed by atoms with van der Waals surface area (Å²) in [5.74, 6) is 0.787. The van der Waals surface area contributed by atoms with E-state index >= 15 is 0 Å². The largest absolute Gasteiger partial charge is 0.396 e. The molecule has 2 nitrogen and oxygen atoms in total. The lowest BCUT2D eigenvalue weighted by Gasteiger charge is -2.28. The second-order valence-corrected chi connectivity index (χ2v) is 16.3. The maximum absolute atomic E-state index is 11.0. The molecule has 0 saturated carbocycles. The van der Waals surface area contributed by atoms with E-state index in [1.54, 1.807) is 0 Å². The van der Waals surface area contributed by atoms with Crippen LogP contribution >= 0.6 is 0 Å². The van der Waals surface area contributed by atoms with Crippen molar-refractivity contribution >= 4 is 0 Å².